The van der Waals surface area contributed by atoms with E-state index in [0.717, 1.165) is 27.5 Å². The van der Waals surface area contributed by atoms with Crippen LogP contribution in [0, 0.1) is 6.92 Å². The van der Waals surface area contributed by atoms with Gasteiger partial charge in [0.1, 0.15) is 17.2 Å². The number of benzene rings is 3. The molecule has 2 heterocycles. The van der Waals surface area contributed by atoms with Gasteiger partial charge in [0.05, 0.1) is 6.26 Å². The highest BCUT2D eigenvalue weighted by Crippen LogP contribution is 2.34. The predicted molar refractivity (Wildman–Crippen MR) is 145 cm³/mol. The second kappa shape index (κ2) is 10.6. The number of carbonyl (C=O) groups is 2. The topological polar surface area (TPSA) is 110 Å². The van der Waals surface area contributed by atoms with Crippen molar-refractivity contribution in [1.29, 1.82) is 0 Å². The predicted octanol–water partition coefficient (Wildman–Crippen LogP) is 5.91. The third kappa shape index (κ3) is 5.19. The summed E-state index contributed by atoms with van der Waals surface area (Å²) in [6.07, 6.45) is 1.84. The monoisotopic (exact) mass is 529 g/mol. The van der Waals surface area contributed by atoms with E-state index in [4.69, 9.17) is 20.4 Å². The molecule has 5 aromatic rings. The van der Waals surface area contributed by atoms with Crippen LogP contribution in [-0.4, -0.2) is 23.0 Å². The van der Waals surface area contributed by atoms with Crippen molar-refractivity contribution in [2.45, 2.75) is 32.2 Å². The fourth-order valence-electron chi connectivity index (χ4n) is 4.60. The van der Waals surface area contributed by atoms with E-state index in [0.29, 0.717) is 27.3 Å². The van der Waals surface area contributed by atoms with E-state index in [1.165, 1.54) is 0 Å². The van der Waals surface area contributed by atoms with E-state index in [1.807, 2.05) is 43.3 Å². The number of halogens is 1. The lowest BCUT2D eigenvalue weighted by atomic mass is 9.98. The lowest BCUT2D eigenvalue weighted by Gasteiger charge is -2.15. The van der Waals surface area contributed by atoms with E-state index in [2.05, 4.69) is 5.32 Å². The first-order chi connectivity index (χ1) is 18.3. The van der Waals surface area contributed by atoms with E-state index in [1.54, 1.807) is 36.6 Å². The maximum Gasteiger partial charge on any atom is 0.339 e. The summed E-state index contributed by atoms with van der Waals surface area (Å²) in [4.78, 5) is 37.2. The molecule has 2 aromatic heterocycles. The van der Waals surface area contributed by atoms with Crippen LogP contribution < -0.4 is 10.9 Å². The molecule has 0 unspecified atom stereocenters. The van der Waals surface area contributed by atoms with Gasteiger partial charge in [-0.3, -0.25) is 4.79 Å². The Morgan fingerprint density at radius 1 is 1.00 bits per heavy atom. The first kappa shape index (κ1) is 25.3. The summed E-state index contributed by atoms with van der Waals surface area (Å²) in [5.41, 5.74) is 4.21. The number of rotatable bonds is 8. The molecular weight excluding hydrogens is 506 g/mol. The number of furan rings is 1. The number of hydrogen-bond acceptors (Lipinski definition) is 5. The number of carbonyl (C=O) groups excluding carboxylic acids is 1. The molecule has 3 aromatic carbocycles. The minimum atomic E-state index is -1.15. The van der Waals surface area contributed by atoms with Crippen molar-refractivity contribution in [2.75, 3.05) is 0 Å². The SMILES string of the molecule is Cc1c(CCC(=O)N[C@H](Cc2ccc(Cl)cc2)C(=O)O)c(=O)oc2cc3occ(-c4ccccc4)c3cc12. The molecule has 0 fully saturated rings. The Kier molecular flexibility index (Phi) is 7.03. The number of aliphatic carboxylic acids is 1. The molecule has 0 radical (unpaired) electrons. The molecule has 0 saturated heterocycles. The van der Waals surface area contributed by atoms with Gasteiger partial charge in [-0.1, -0.05) is 54.1 Å². The average Bonchev–Trinajstić information content (AvgIpc) is 3.31. The lowest BCUT2D eigenvalue weighted by molar-refractivity contribution is -0.141. The zero-order valence-corrected chi connectivity index (χ0v) is 21.2. The third-order valence-electron chi connectivity index (χ3n) is 6.65. The molecule has 0 bridgehead atoms. The van der Waals surface area contributed by atoms with Crippen LogP contribution in [0.3, 0.4) is 0 Å². The fourth-order valence-corrected chi connectivity index (χ4v) is 4.73. The van der Waals surface area contributed by atoms with Crippen LogP contribution in [0.1, 0.15) is 23.1 Å². The van der Waals surface area contributed by atoms with Crippen LogP contribution in [0.2, 0.25) is 5.02 Å². The summed E-state index contributed by atoms with van der Waals surface area (Å²) in [5.74, 6) is -1.62. The number of nitrogens with one attached hydrogen (secondary N) is 1. The first-order valence-corrected chi connectivity index (χ1v) is 12.5. The normalized spacial score (nSPS) is 12.1. The van der Waals surface area contributed by atoms with Gasteiger partial charge in [0.25, 0.3) is 0 Å². The fraction of sp³-hybridized carbons (Fsp3) is 0.167. The number of amides is 1. The van der Waals surface area contributed by atoms with Crippen molar-refractivity contribution in [1.82, 2.24) is 5.32 Å². The summed E-state index contributed by atoms with van der Waals surface area (Å²) in [6, 6.07) is 19.1. The second-order valence-electron chi connectivity index (χ2n) is 9.14. The van der Waals surface area contributed by atoms with Crippen molar-refractivity contribution in [2.24, 2.45) is 0 Å². The number of aryl methyl sites for hydroxylation is 1. The first-order valence-electron chi connectivity index (χ1n) is 12.1. The molecule has 0 aliphatic heterocycles. The van der Waals surface area contributed by atoms with Crippen LogP contribution in [0.25, 0.3) is 33.1 Å². The highest BCUT2D eigenvalue weighted by atomic mass is 35.5. The molecular formula is C30H24ClNO6. The van der Waals surface area contributed by atoms with E-state index in [-0.39, 0.29) is 19.3 Å². The summed E-state index contributed by atoms with van der Waals surface area (Å²) in [7, 11) is 0. The molecule has 1 atom stereocenters. The van der Waals surface area contributed by atoms with Gasteiger partial charge in [0, 0.05) is 45.8 Å². The Morgan fingerprint density at radius 2 is 1.74 bits per heavy atom. The molecule has 1 amide bonds. The molecule has 0 aliphatic carbocycles. The van der Waals surface area contributed by atoms with E-state index in [9.17, 15) is 19.5 Å². The minimum Gasteiger partial charge on any atom is -0.480 e. The quantitative estimate of drug-likeness (QED) is 0.242. The second-order valence-corrected chi connectivity index (χ2v) is 9.58. The minimum absolute atomic E-state index is 0.0648. The summed E-state index contributed by atoms with van der Waals surface area (Å²) in [6.45, 7) is 1.82. The Morgan fingerprint density at radius 3 is 2.45 bits per heavy atom. The zero-order chi connectivity index (χ0) is 26.8. The Labute approximate surface area is 222 Å². The molecule has 0 spiro atoms. The van der Waals surface area contributed by atoms with Gasteiger partial charge in [0.2, 0.25) is 5.91 Å². The molecule has 2 N–H and O–H groups in total. The molecule has 8 heteroatoms. The Balaban J connectivity index is 1.37. The van der Waals surface area contributed by atoms with Crippen molar-refractivity contribution in [3.8, 4) is 11.1 Å². The van der Waals surface area contributed by atoms with Crippen molar-refractivity contribution in [3.05, 3.63) is 105 Å². The van der Waals surface area contributed by atoms with Crippen LogP contribution in [-0.2, 0) is 22.4 Å². The molecule has 0 aliphatic rings. The van der Waals surface area contributed by atoms with Gasteiger partial charge in [-0.05, 0) is 48.2 Å². The van der Waals surface area contributed by atoms with E-state index >= 15 is 0 Å². The number of fused-ring (bicyclic) bond motifs is 2. The van der Waals surface area contributed by atoms with Crippen molar-refractivity contribution >= 4 is 45.4 Å². The Bertz CT molecular complexity index is 1700. The molecule has 5 rings (SSSR count). The Hall–Kier alpha value is -4.36. The third-order valence-corrected chi connectivity index (χ3v) is 6.91. The number of hydrogen-bond donors (Lipinski definition) is 2. The molecule has 38 heavy (non-hydrogen) atoms. The van der Waals surface area contributed by atoms with Gasteiger partial charge in [-0.25, -0.2) is 9.59 Å². The number of carboxylic acids is 1. The van der Waals surface area contributed by atoms with Crippen LogP contribution in [0.4, 0.5) is 0 Å². The largest absolute Gasteiger partial charge is 0.480 e. The standard InChI is InChI=1S/C30H24ClNO6/c1-17-21(11-12-28(33)32-25(29(34)35)13-18-7-9-20(31)10-8-18)30(36)38-27-15-26-23(14-22(17)27)24(16-37-26)19-5-3-2-4-6-19/h2-10,14-16,25H,11-13H2,1H3,(H,32,33)(H,34,35)/t25-/m1/s1. The van der Waals surface area contributed by atoms with E-state index < -0.39 is 23.5 Å². The van der Waals surface area contributed by atoms with Crippen LogP contribution >= 0.6 is 11.6 Å². The summed E-state index contributed by atoms with van der Waals surface area (Å²) in [5, 5.41) is 14.3. The highest BCUT2D eigenvalue weighted by molar-refractivity contribution is 6.30. The highest BCUT2D eigenvalue weighted by Gasteiger charge is 2.22. The van der Waals surface area contributed by atoms with Crippen LogP contribution in [0.15, 0.2) is 86.6 Å². The molecule has 0 saturated carbocycles. The van der Waals surface area contributed by atoms with Gasteiger partial charge in [-0.2, -0.15) is 0 Å². The average molecular weight is 530 g/mol. The maximum atomic E-state index is 12.8. The molecule has 192 valence electrons. The van der Waals surface area contributed by atoms with Crippen molar-refractivity contribution < 1.29 is 23.5 Å². The lowest BCUT2D eigenvalue weighted by Crippen LogP contribution is -2.42. The van der Waals surface area contributed by atoms with Gasteiger partial charge < -0.3 is 19.3 Å². The van der Waals surface area contributed by atoms with Gasteiger partial charge in [-0.15, -0.1) is 0 Å². The summed E-state index contributed by atoms with van der Waals surface area (Å²) < 4.78 is 11.3. The van der Waals surface area contributed by atoms with Crippen molar-refractivity contribution in [3.63, 3.8) is 0 Å². The zero-order valence-electron chi connectivity index (χ0n) is 20.5. The molecule has 7 nitrogen and oxygen atoms in total. The maximum absolute atomic E-state index is 12.8. The summed E-state index contributed by atoms with van der Waals surface area (Å²) >= 11 is 5.89. The number of carboxylic acid groups (broad SMARTS) is 1. The van der Waals surface area contributed by atoms with Crippen LogP contribution in [0.5, 0.6) is 0 Å². The smallest absolute Gasteiger partial charge is 0.339 e. The van der Waals surface area contributed by atoms with Gasteiger partial charge in [0.15, 0.2) is 0 Å². The van der Waals surface area contributed by atoms with Gasteiger partial charge >= 0.3 is 11.6 Å².